The molecule has 0 unspecified atom stereocenters. The molecule has 97 valence electrons. The van der Waals surface area contributed by atoms with Gasteiger partial charge in [-0.2, -0.15) is 0 Å². The summed E-state index contributed by atoms with van der Waals surface area (Å²) in [5.74, 6) is 0. The summed E-state index contributed by atoms with van der Waals surface area (Å²) in [5.41, 5.74) is 0. The smallest absolute Gasteiger partial charge is 0.388 e. The molecule has 6 N–H and O–H groups in total. The van der Waals surface area contributed by atoms with E-state index in [9.17, 15) is 9.36 Å². The van der Waals surface area contributed by atoms with Crippen LogP contribution in [0.2, 0.25) is 0 Å². The van der Waals surface area contributed by atoms with Crippen LogP contribution in [0, 0.1) is 0 Å². The van der Waals surface area contributed by atoms with Gasteiger partial charge in [0, 0.05) is 29.6 Å². The largest absolute Gasteiger partial charge is 0.469 e. The molecule has 0 amide bonds. The van der Waals surface area contributed by atoms with Gasteiger partial charge >= 0.3 is 7.82 Å². The SMILES string of the molecule is O=C[C@@H](O)[C@@H](O)[C@H](O)[C@H](O)COP(=O)(O)O.[Na]. The minimum Gasteiger partial charge on any atom is -0.388 e. The van der Waals surface area contributed by atoms with Crippen LogP contribution < -0.4 is 0 Å². The average Bonchev–Trinajstić information content (AvgIpc) is 2.21. The molecule has 0 aromatic rings. The van der Waals surface area contributed by atoms with Gasteiger partial charge in [-0.05, 0) is 0 Å². The molecule has 0 heterocycles. The van der Waals surface area contributed by atoms with Gasteiger partial charge in [0.2, 0.25) is 0 Å². The summed E-state index contributed by atoms with van der Waals surface area (Å²) in [5, 5.41) is 36.1. The molecule has 0 aliphatic rings. The zero-order valence-corrected chi connectivity index (χ0v) is 11.8. The van der Waals surface area contributed by atoms with Crippen molar-refractivity contribution in [1.29, 1.82) is 0 Å². The Kier molecular flexibility index (Phi) is 10.2. The third-order valence-corrected chi connectivity index (χ3v) is 2.13. The van der Waals surface area contributed by atoms with Crippen molar-refractivity contribution in [2.45, 2.75) is 24.4 Å². The Morgan fingerprint density at radius 1 is 1.12 bits per heavy atom. The summed E-state index contributed by atoms with van der Waals surface area (Å²) in [6.07, 6.45) is -7.80. The molecule has 0 saturated carbocycles. The zero-order valence-electron chi connectivity index (χ0n) is 8.95. The van der Waals surface area contributed by atoms with Crippen molar-refractivity contribution in [2.75, 3.05) is 6.61 Å². The van der Waals surface area contributed by atoms with Crippen molar-refractivity contribution in [3.05, 3.63) is 0 Å². The van der Waals surface area contributed by atoms with E-state index in [0.29, 0.717) is 0 Å². The molecular weight excluding hydrogens is 270 g/mol. The Bertz CT molecular complexity index is 268. The van der Waals surface area contributed by atoms with Crippen LogP contribution in [0.4, 0.5) is 0 Å². The van der Waals surface area contributed by atoms with E-state index in [4.69, 9.17) is 30.2 Å². The summed E-state index contributed by atoms with van der Waals surface area (Å²) in [4.78, 5) is 26.6. The fourth-order valence-corrected chi connectivity index (χ4v) is 1.13. The fourth-order valence-electron chi connectivity index (χ4n) is 0.782. The van der Waals surface area contributed by atoms with Gasteiger partial charge in [-0.25, -0.2) is 4.57 Å². The molecular formula is C6H13NaO9P. The average molecular weight is 283 g/mol. The van der Waals surface area contributed by atoms with Gasteiger partial charge in [0.15, 0.2) is 6.29 Å². The quantitative estimate of drug-likeness (QED) is 0.157. The van der Waals surface area contributed by atoms with Gasteiger partial charge in [-0.15, -0.1) is 0 Å². The van der Waals surface area contributed by atoms with Crippen LogP contribution in [-0.4, -0.2) is 97.1 Å². The predicted octanol–water partition coefficient (Wildman–Crippen LogP) is -3.64. The summed E-state index contributed by atoms with van der Waals surface area (Å²) < 4.78 is 14.1. The van der Waals surface area contributed by atoms with Gasteiger partial charge in [0.25, 0.3) is 0 Å². The molecule has 0 aliphatic carbocycles. The number of rotatable bonds is 7. The van der Waals surface area contributed by atoms with Gasteiger partial charge in [0.1, 0.15) is 24.4 Å². The van der Waals surface area contributed by atoms with Crippen molar-refractivity contribution in [3.63, 3.8) is 0 Å². The number of phosphoric ester groups is 1. The molecule has 0 rings (SSSR count). The molecule has 0 aromatic carbocycles. The molecule has 0 bridgehead atoms. The Morgan fingerprint density at radius 2 is 1.59 bits per heavy atom. The standard InChI is InChI=1S/C6H13O9P.Na/c7-1-3(8)5(10)6(11)4(9)2-15-16(12,13)14;/h1,3-6,8-11H,2H2,(H2,12,13,14);/t3-,4-,5-,6-;/m1./s1. The van der Waals surface area contributed by atoms with E-state index in [1.54, 1.807) is 0 Å². The molecule has 0 aromatic heterocycles. The third kappa shape index (κ3) is 8.36. The molecule has 0 saturated heterocycles. The number of carbonyl (C=O) groups excluding carboxylic acids is 1. The van der Waals surface area contributed by atoms with E-state index >= 15 is 0 Å². The normalized spacial score (nSPS) is 18.7. The second kappa shape index (κ2) is 8.68. The van der Waals surface area contributed by atoms with E-state index in [1.165, 1.54) is 0 Å². The van der Waals surface area contributed by atoms with E-state index < -0.39 is 38.8 Å². The summed E-state index contributed by atoms with van der Waals surface area (Å²) in [6.45, 7) is -0.964. The predicted molar refractivity (Wildman–Crippen MR) is 53.8 cm³/mol. The van der Waals surface area contributed by atoms with Crippen LogP contribution in [0.25, 0.3) is 0 Å². The Labute approximate surface area is 119 Å². The Morgan fingerprint density at radius 3 is 1.94 bits per heavy atom. The summed E-state index contributed by atoms with van der Waals surface area (Å²) in [6, 6.07) is 0. The molecule has 0 spiro atoms. The van der Waals surface area contributed by atoms with E-state index in [2.05, 4.69) is 4.52 Å². The van der Waals surface area contributed by atoms with Crippen LogP contribution >= 0.6 is 7.82 Å². The van der Waals surface area contributed by atoms with Gasteiger partial charge in [-0.1, -0.05) is 0 Å². The maximum atomic E-state index is 10.2. The molecule has 1 radical (unpaired) electrons. The first-order chi connectivity index (χ1) is 7.19. The van der Waals surface area contributed by atoms with Gasteiger partial charge < -0.3 is 35.0 Å². The van der Waals surface area contributed by atoms with Gasteiger partial charge in [-0.3, -0.25) is 4.52 Å². The van der Waals surface area contributed by atoms with Crippen molar-refractivity contribution in [1.82, 2.24) is 0 Å². The molecule has 4 atom stereocenters. The summed E-state index contributed by atoms with van der Waals surface area (Å²) in [7, 11) is -4.80. The maximum Gasteiger partial charge on any atom is 0.469 e. The van der Waals surface area contributed by atoms with Crippen LogP contribution in [0.1, 0.15) is 0 Å². The number of hydrogen-bond acceptors (Lipinski definition) is 7. The van der Waals surface area contributed by atoms with Crippen LogP contribution in [0.5, 0.6) is 0 Å². The van der Waals surface area contributed by atoms with Crippen LogP contribution in [-0.2, 0) is 13.9 Å². The Hall–Kier alpha value is 0.620. The van der Waals surface area contributed by atoms with E-state index in [0.717, 1.165) is 0 Å². The monoisotopic (exact) mass is 283 g/mol. The number of phosphoric acid groups is 1. The van der Waals surface area contributed by atoms with Crippen molar-refractivity contribution >= 4 is 43.7 Å². The van der Waals surface area contributed by atoms with Crippen LogP contribution in [0.3, 0.4) is 0 Å². The number of hydrogen-bond donors (Lipinski definition) is 6. The molecule has 0 aliphatic heterocycles. The van der Waals surface area contributed by atoms with Crippen LogP contribution in [0.15, 0.2) is 0 Å². The van der Waals surface area contributed by atoms with Crippen molar-refractivity contribution < 1.29 is 44.1 Å². The maximum absolute atomic E-state index is 10.2. The van der Waals surface area contributed by atoms with E-state index in [-0.39, 0.29) is 35.8 Å². The second-order valence-electron chi connectivity index (χ2n) is 2.96. The van der Waals surface area contributed by atoms with Crippen molar-refractivity contribution in [2.24, 2.45) is 0 Å². The minimum absolute atomic E-state index is 0. The first kappa shape index (κ1) is 19.9. The number of carbonyl (C=O) groups is 1. The fraction of sp³-hybridized carbons (Fsp3) is 0.833. The number of aliphatic hydroxyl groups excluding tert-OH is 4. The Balaban J connectivity index is 0. The zero-order chi connectivity index (χ0) is 12.9. The third-order valence-electron chi connectivity index (χ3n) is 1.65. The number of aldehydes is 1. The second-order valence-corrected chi connectivity index (χ2v) is 4.20. The van der Waals surface area contributed by atoms with E-state index in [1.807, 2.05) is 0 Å². The first-order valence-electron chi connectivity index (χ1n) is 4.06. The molecule has 17 heavy (non-hydrogen) atoms. The van der Waals surface area contributed by atoms with Crippen molar-refractivity contribution in [3.8, 4) is 0 Å². The number of aliphatic hydroxyl groups is 4. The first-order valence-corrected chi connectivity index (χ1v) is 5.59. The topological polar surface area (TPSA) is 165 Å². The summed E-state index contributed by atoms with van der Waals surface area (Å²) >= 11 is 0. The molecule has 11 heteroatoms. The molecule has 9 nitrogen and oxygen atoms in total. The minimum atomic E-state index is -4.80. The van der Waals surface area contributed by atoms with Gasteiger partial charge in [0.05, 0.1) is 6.61 Å². The molecule has 0 fully saturated rings.